The topological polar surface area (TPSA) is 137 Å². The molecule has 0 aliphatic heterocycles. The van der Waals surface area contributed by atoms with Crippen molar-refractivity contribution in [2.75, 3.05) is 19.8 Å². The highest BCUT2D eigenvalue weighted by molar-refractivity contribution is 5.87. The Kier molecular flexibility index (Phi) is 8.36. The molecule has 8 nitrogen and oxygen atoms in total. The predicted octanol–water partition coefficient (Wildman–Crippen LogP) is -0.916. The number of hydrogen-bond donors (Lipinski definition) is 5. The van der Waals surface area contributed by atoms with E-state index in [0.717, 1.165) is 5.56 Å². The number of carbonyl (C=O) groups is 1. The van der Waals surface area contributed by atoms with E-state index in [1.165, 1.54) is 6.08 Å². The summed E-state index contributed by atoms with van der Waals surface area (Å²) in [6.45, 7) is -0.896. The molecule has 0 bridgehead atoms. The average molecular weight is 382 g/mol. The third kappa shape index (κ3) is 6.39. The van der Waals surface area contributed by atoms with Crippen LogP contribution in [0.4, 0.5) is 0 Å². The molecule has 0 spiro atoms. The van der Waals surface area contributed by atoms with Crippen molar-refractivity contribution in [3.8, 4) is 0 Å². The van der Waals surface area contributed by atoms with Gasteiger partial charge in [0.05, 0.1) is 18.8 Å². The van der Waals surface area contributed by atoms with Gasteiger partial charge in [0.15, 0.2) is 0 Å². The molecular formula is C19H26O8. The van der Waals surface area contributed by atoms with Crippen LogP contribution in [0.5, 0.6) is 0 Å². The van der Waals surface area contributed by atoms with Crippen molar-refractivity contribution < 1.29 is 39.8 Å². The van der Waals surface area contributed by atoms with Gasteiger partial charge in [-0.15, -0.1) is 0 Å². The first-order chi connectivity index (χ1) is 12.9. The molecule has 150 valence electrons. The largest absolute Gasteiger partial charge is 0.460 e. The van der Waals surface area contributed by atoms with Crippen LogP contribution in [0.1, 0.15) is 12.0 Å². The van der Waals surface area contributed by atoms with E-state index in [2.05, 4.69) is 0 Å². The van der Waals surface area contributed by atoms with Crippen LogP contribution in [0.15, 0.2) is 36.4 Å². The van der Waals surface area contributed by atoms with Gasteiger partial charge in [-0.1, -0.05) is 30.3 Å². The van der Waals surface area contributed by atoms with E-state index in [4.69, 9.17) is 9.47 Å². The second kappa shape index (κ2) is 10.5. The summed E-state index contributed by atoms with van der Waals surface area (Å²) >= 11 is 0. The Hall–Kier alpha value is -1.81. The minimum Gasteiger partial charge on any atom is -0.460 e. The molecule has 2 rings (SSSR count). The van der Waals surface area contributed by atoms with Gasteiger partial charge >= 0.3 is 5.97 Å². The highest BCUT2D eigenvalue weighted by Crippen LogP contribution is 2.27. The summed E-state index contributed by atoms with van der Waals surface area (Å²) in [6.07, 6.45) is -3.05. The first kappa shape index (κ1) is 21.5. The van der Waals surface area contributed by atoms with Crippen molar-refractivity contribution in [3.63, 3.8) is 0 Å². The molecule has 1 saturated carbocycles. The number of rotatable bonds is 8. The van der Waals surface area contributed by atoms with Crippen molar-refractivity contribution in [1.82, 2.24) is 0 Å². The van der Waals surface area contributed by atoms with Crippen molar-refractivity contribution in [2.24, 2.45) is 5.92 Å². The lowest BCUT2D eigenvalue weighted by atomic mass is 9.81. The molecule has 1 fully saturated rings. The van der Waals surface area contributed by atoms with Crippen molar-refractivity contribution in [1.29, 1.82) is 0 Å². The molecule has 0 saturated heterocycles. The number of ether oxygens (including phenoxy) is 2. The Balaban J connectivity index is 1.73. The fraction of sp³-hybridized carbons (Fsp3) is 0.526. The summed E-state index contributed by atoms with van der Waals surface area (Å²) in [4.78, 5) is 11.7. The summed E-state index contributed by atoms with van der Waals surface area (Å²) in [6, 6.07) is 9.18. The van der Waals surface area contributed by atoms with E-state index in [1.807, 2.05) is 30.3 Å². The third-order valence-electron chi connectivity index (χ3n) is 4.47. The van der Waals surface area contributed by atoms with Gasteiger partial charge in [-0.05, 0) is 18.1 Å². The van der Waals surface area contributed by atoms with Gasteiger partial charge < -0.3 is 35.0 Å². The maximum Gasteiger partial charge on any atom is 0.330 e. The molecular weight excluding hydrogens is 356 g/mol. The van der Waals surface area contributed by atoms with Crippen molar-refractivity contribution >= 4 is 12.0 Å². The highest BCUT2D eigenvalue weighted by atomic mass is 16.6. The molecule has 0 aromatic heterocycles. The van der Waals surface area contributed by atoms with Gasteiger partial charge in [0.1, 0.15) is 24.9 Å². The lowest BCUT2D eigenvalue weighted by molar-refractivity contribution is -0.185. The Labute approximate surface area is 157 Å². The van der Waals surface area contributed by atoms with Crippen LogP contribution in [0.2, 0.25) is 0 Å². The molecule has 5 unspecified atom stereocenters. The smallest absolute Gasteiger partial charge is 0.330 e. The molecule has 1 aliphatic carbocycles. The van der Waals surface area contributed by atoms with Crippen molar-refractivity contribution in [2.45, 2.75) is 36.9 Å². The highest BCUT2D eigenvalue weighted by Gasteiger charge is 2.43. The molecule has 8 heteroatoms. The van der Waals surface area contributed by atoms with E-state index >= 15 is 0 Å². The molecule has 1 aliphatic rings. The summed E-state index contributed by atoms with van der Waals surface area (Å²) in [5.41, 5.74) is 0.837. The zero-order valence-electron chi connectivity index (χ0n) is 14.8. The first-order valence-electron chi connectivity index (χ1n) is 8.77. The van der Waals surface area contributed by atoms with Crippen LogP contribution in [0.3, 0.4) is 0 Å². The van der Waals surface area contributed by atoms with Crippen LogP contribution < -0.4 is 0 Å². The molecule has 6 atom stereocenters. The average Bonchev–Trinajstić information content (AvgIpc) is 2.69. The maximum atomic E-state index is 11.7. The van der Waals surface area contributed by atoms with Crippen LogP contribution in [0.25, 0.3) is 6.08 Å². The minimum absolute atomic E-state index is 0.127. The number of carbonyl (C=O) groups excluding carboxylic acids is 1. The number of aliphatic hydroxyl groups is 5. The van der Waals surface area contributed by atoms with E-state index in [9.17, 15) is 30.3 Å². The van der Waals surface area contributed by atoms with E-state index in [1.54, 1.807) is 6.08 Å². The number of aliphatic hydroxyl groups excluding tert-OH is 5. The molecule has 1 aromatic rings. The molecule has 0 radical (unpaired) electrons. The third-order valence-corrected chi connectivity index (χ3v) is 4.47. The molecule has 27 heavy (non-hydrogen) atoms. The van der Waals surface area contributed by atoms with Crippen LogP contribution in [0, 0.1) is 5.92 Å². The van der Waals surface area contributed by atoms with E-state index in [-0.39, 0.29) is 26.2 Å². The quantitative estimate of drug-likeness (QED) is 0.288. The molecule has 0 amide bonds. The number of benzene rings is 1. The van der Waals surface area contributed by atoms with E-state index < -0.39 is 42.4 Å². The van der Waals surface area contributed by atoms with Crippen LogP contribution in [-0.2, 0) is 14.3 Å². The molecule has 1 aromatic carbocycles. The van der Waals surface area contributed by atoms with Crippen molar-refractivity contribution in [3.05, 3.63) is 42.0 Å². The fourth-order valence-electron chi connectivity index (χ4n) is 2.86. The van der Waals surface area contributed by atoms with Gasteiger partial charge in [0, 0.05) is 18.6 Å². The van der Waals surface area contributed by atoms with Gasteiger partial charge in [0.25, 0.3) is 0 Å². The Morgan fingerprint density at radius 1 is 1.11 bits per heavy atom. The Bertz CT molecular complexity index is 603. The zero-order chi connectivity index (χ0) is 19.8. The van der Waals surface area contributed by atoms with Gasteiger partial charge in [-0.2, -0.15) is 0 Å². The summed E-state index contributed by atoms with van der Waals surface area (Å²) in [7, 11) is 0. The van der Waals surface area contributed by atoms with Crippen LogP contribution >= 0.6 is 0 Å². The summed E-state index contributed by atoms with van der Waals surface area (Å²) in [5.74, 6) is -1.25. The van der Waals surface area contributed by atoms with Gasteiger partial charge in [-0.25, -0.2) is 4.79 Å². The van der Waals surface area contributed by atoms with Gasteiger partial charge in [0.2, 0.25) is 0 Å². The normalized spacial score (nSPS) is 29.6. The lowest BCUT2D eigenvalue weighted by Gasteiger charge is -2.39. The molecule has 5 N–H and O–H groups in total. The standard InChI is InChI=1S/C19H26O8/c20-9-13-8-15(18(24)19(25)17(13)23)26-10-14(21)11-27-16(22)7-6-12-4-2-1-3-5-12/h1-7,13-15,17-21,23-25H,8-11H2/t13?,14-,15?,17?,18?,19?/m0/s1. The maximum absolute atomic E-state index is 11.7. The van der Waals surface area contributed by atoms with Crippen LogP contribution in [-0.4, -0.2) is 81.8 Å². The first-order valence-corrected chi connectivity index (χ1v) is 8.77. The SMILES string of the molecule is O=C(C=Cc1ccccc1)OC[C@@H](O)COC1CC(CO)C(O)C(O)C1O. The Morgan fingerprint density at radius 3 is 2.48 bits per heavy atom. The fourth-order valence-corrected chi connectivity index (χ4v) is 2.86. The van der Waals surface area contributed by atoms with E-state index in [0.29, 0.717) is 0 Å². The second-order valence-corrected chi connectivity index (χ2v) is 6.55. The summed E-state index contributed by atoms with van der Waals surface area (Å²) < 4.78 is 10.3. The molecule has 0 heterocycles. The second-order valence-electron chi connectivity index (χ2n) is 6.55. The Morgan fingerprint density at radius 2 is 1.81 bits per heavy atom. The zero-order valence-corrected chi connectivity index (χ0v) is 14.8. The number of hydrogen-bond acceptors (Lipinski definition) is 8. The lowest BCUT2D eigenvalue weighted by Crippen LogP contribution is -2.55. The predicted molar refractivity (Wildman–Crippen MR) is 95.4 cm³/mol. The number of esters is 1. The van der Waals surface area contributed by atoms with Gasteiger partial charge in [-0.3, -0.25) is 0 Å². The summed E-state index contributed by atoms with van der Waals surface area (Å²) in [5, 5.41) is 48.6. The minimum atomic E-state index is -1.45. The monoisotopic (exact) mass is 382 g/mol.